The van der Waals surface area contributed by atoms with E-state index in [0.717, 1.165) is 58.7 Å². The summed E-state index contributed by atoms with van der Waals surface area (Å²) in [6, 6.07) is 10.3. The van der Waals surface area contributed by atoms with Crippen molar-refractivity contribution in [1.29, 1.82) is 0 Å². The lowest BCUT2D eigenvalue weighted by Gasteiger charge is -2.35. The third-order valence-corrected chi connectivity index (χ3v) is 6.37. The van der Waals surface area contributed by atoms with Gasteiger partial charge in [-0.25, -0.2) is 4.98 Å². The quantitative estimate of drug-likeness (QED) is 0.671. The second-order valence-electron chi connectivity index (χ2n) is 8.76. The van der Waals surface area contributed by atoms with Crippen LogP contribution in [0.4, 0.5) is 5.69 Å². The molecule has 0 saturated carbocycles. The minimum Gasteiger partial charge on any atom is -0.447 e. The zero-order valence-electron chi connectivity index (χ0n) is 19.0. The number of carbonyl (C=O) groups is 1. The lowest BCUT2D eigenvalue weighted by atomic mass is 10.2. The van der Waals surface area contributed by atoms with Crippen LogP contribution in [0.1, 0.15) is 36.1 Å². The zero-order chi connectivity index (χ0) is 22.3. The van der Waals surface area contributed by atoms with Gasteiger partial charge in [0.1, 0.15) is 6.26 Å². The number of hydrogen-bond donors (Lipinski definition) is 1. The number of benzene rings is 1. The van der Waals surface area contributed by atoms with Gasteiger partial charge < -0.3 is 19.3 Å². The molecule has 2 saturated heterocycles. The van der Waals surface area contributed by atoms with E-state index in [2.05, 4.69) is 38.7 Å². The maximum atomic E-state index is 12.9. The third kappa shape index (κ3) is 5.88. The summed E-state index contributed by atoms with van der Waals surface area (Å²) in [5.41, 5.74) is 1.60. The van der Waals surface area contributed by atoms with Gasteiger partial charge in [0, 0.05) is 64.6 Å². The molecule has 0 aliphatic carbocycles. The summed E-state index contributed by atoms with van der Waals surface area (Å²) in [5.74, 6) is 0.540. The number of hydrogen-bond acceptors (Lipinski definition) is 7. The summed E-state index contributed by atoms with van der Waals surface area (Å²) < 4.78 is 5.63. The van der Waals surface area contributed by atoms with Crippen molar-refractivity contribution in [3.8, 4) is 0 Å². The largest absolute Gasteiger partial charge is 0.447 e. The molecule has 32 heavy (non-hydrogen) atoms. The number of aromatic nitrogens is 1. The Kier molecular flexibility index (Phi) is 7.78. The van der Waals surface area contributed by atoms with Crippen molar-refractivity contribution in [2.45, 2.75) is 32.4 Å². The highest BCUT2D eigenvalue weighted by atomic mass is 16.3. The van der Waals surface area contributed by atoms with Gasteiger partial charge >= 0.3 is 0 Å². The van der Waals surface area contributed by atoms with Crippen molar-refractivity contribution in [2.75, 3.05) is 63.8 Å². The fourth-order valence-corrected chi connectivity index (χ4v) is 4.49. The molecule has 2 aliphatic rings. The fourth-order valence-electron chi connectivity index (χ4n) is 4.49. The van der Waals surface area contributed by atoms with E-state index in [1.807, 2.05) is 23.1 Å². The van der Waals surface area contributed by atoms with Gasteiger partial charge in [-0.15, -0.1) is 0 Å². The number of amides is 1. The van der Waals surface area contributed by atoms with Crippen LogP contribution in [0, 0.1) is 0 Å². The van der Waals surface area contributed by atoms with Crippen LogP contribution in [-0.2, 0) is 6.54 Å². The summed E-state index contributed by atoms with van der Waals surface area (Å²) in [5, 5.41) is 10.0. The van der Waals surface area contributed by atoms with Crippen LogP contribution >= 0.6 is 0 Å². The first kappa shape index (κ1) is 22.8. The molecule has 0 bridgehead atoms. The molecule has 1 aromatic heterocycles. The number of para-hydroxylation sites is 1. The van der Waals surface area contributed by atoms with Gasteiger partial charge in [-0.1, -0.05) is 31.5 Å². The van der Waals surface area contributed by atoms with Crippen molar-refractivity contribution < 1.29 is 14.3 Å². The number of nitrogens with zero attached hydrogens (tertiary/aromatic N) is 5. The Morgan fingerprint density at radius 3 is 2.41 bits per heavy atom. The molecule has 1 aromatic carbocycles. The van der Waals surface area contributed by atoms with E-state index in [-0.39, 0.29) is 12.0 Å². The van der Waals surface area contributed by atoms with Crippen LogP contribution in [0.25, 0.3) is 0 Å². The van der Waals surface area contributed by atoms with E-state index in [1.165, 1.54) is 12.0 Å². The van der Waals surface area contributed by atoms with Gasteiger partial charge in [0.15, 0.2) is 5.69 Å². The number of aliphatic hydroxyl groups is 1. The Morgan fingerprint density at radius 1 is 1.03 bits per heavy atom. The molecule has 0 spiro atoms. The van der Waals surface area contributed by atoms with E-state index in [9.17, 15) is 9.90 Å². The number of aliphatic hydroxyl groups excluding tert-OH is 1. The van der Waals surface area contributed by atoms with Crippen molar-refractivity contribution in [1.82, 2.24) is 19.7 Å². The minimum absolute atomic E-state index is 0.0533. The first-order chi connectivity index (χ1) is 15.6. The molecule has 8 heteroatoms. The van der Waals surface area contributed by atoms with Gasteiger partial charge in [-0.3, -0.25) is 14.6 Å². The van der Waals surface area contributed by atoms with E-state index in [0.29, 0.717) is 31.2 Å². The molecule has 3 heterocycles. The molecule has 2 fully saturated rings. The van der Waals surface area contributed by atoms with Gasteiger partial charge in [0.2, 0.25) is 5.89 Å². The molecule has 4 rings (SSSR count). The Morgan fingerprint density at radius 2 is 1.72 bits per heavy atom. The monoisotopic (exact) mass is 441 g/mol. The Balaban J connectivity index is 1.22. The molecule has 1 amide bonds. The highest BCUT2D eigenvalue weighted by Crippen LogP contribution is 2.17. The predicted octanol–water partition coefficient (Wildman–Crippen LogP) is 1.92. The van der Waals surface area contributed by atoms with Crippen LogP contribution in [0.2, 0.25) is 0 Å². The molecule has 0 unspecified atom stereocenters. The van der Waals surface area contributed by atoms with Gasteiger partial charge in [-0.05, 0) is 18.6 Å². The Labute approximate surface area is 190 Å². The first-order valence-electron chi connectivity index (χ1n) is 11.8. The van der Waals surface area contributed by atoms with Crippen molar-refractivity contribution in [3.05, 3.63) is 48.2 Å². The van der Waals surface area contributed by atoms with Crippen LogP contribution in [0.3, 0.4) is 0 Å². The molecular weight excluding hydrogens is 406 g/mol. The summed E-state index contributed by atoms with van der Waals surface area (Å²) in [6.07, 6.45) is 3.13. The predicted molar refractivity (Wildman–Crippen MR) is 124 cm³/mol. The second-order valence-corrected chi connectivity index (χ2v) is 8.76. The minimum atomic E-state index is -0.235. The fraction of sp³-hybridized carbons (Fsp3) is 0.583. The normalized spacial score (nSPS) is 19.3. The molecule has 174 valence electrons. The molecule has 8 nitrogen and oxygen atoms in total. The highest BCUT2D eigenvalue weighted by Gasteiger charge is 2.25. The maximum absolute atomic E-state index is 12.9. The topological polar surface area (TPSA) is 76.3 Å². The third-order valence-electron chi connectivity index (χ3n) is 6.37. The van der Waals surface area contributed by atoms with E-state index < -0.39 is 0 Å². The highest BCUT2D eigenvalue weighted by molar-refractivity contribution is 5.92. The molecule has 0 radical (unpaired) electrons. The van der Waals surface area contributed by atoms with E-state index >= 15 is 0 Å². The summed E-state index contributed by atoms with van der Waals surface area (Å²) in [7, 11) is 0. The Bertz CT molecular complexity index is 842. The molecule has 1 atom stereocenters. The summed E-state index contributed by atoms with van der Waals surface area (Å²) in [4.78, 5) is 26.1. The number of β-amino-alcohol motifs (C(OH)–C–C–N with tert-alkyl or cyclic N) is 1. The van der Waals surface area contributed by atoms with Gasteiger partial charge in [0.05, 0.1) is 12.6 Å². The number of piperazine rings is 2. The van der Waals surface area contributed by atoms with Gasteiger partial charge in [0.25, 0.3) is 5.91 Å². The first-order valence-corrected chi connectivity index (χ1v) is 11.8. The SMILES string of the molecule is CCC[C@@H](O)CN1CCN(Cc2nc(C(=O)N3CCN(c4ccccc4)CC3)co2)CC1. The van der Waals surface area contributed by atoms with E-state index in [4.69, 9.17) is 4.42 Å². The summed E-state index contributed by atoms with van der Waals surface area (Å²) in [6.45, 7) is 10.1. The van der Waals surface area contributed by atoms with Crippen molar-refractivity contribution in [2.24, 2.45) is 0 Å². The molecular formula is C24H35N5O3. The van der Waals surface area contributed by atoms with Crippen LogP contribution < -0.4 is 4.90 Å². The number of anilines is 1. The standard InChI is InChI=1S/C24H35N5O3/c1-2-6-21(30)17-26-9-11-27(12-10-26)18-23-25-22(19-32-23)24(31)29-15-13-28(14-16-29)20-7-4-3-5-8-20/h3-5,7-8,19,21,30H,2,6,9-18H2,1H3/t21-/m1/s1. The smallest absolute Gasteiger partial charge is 0.275 e. The lowest BCUT2D eigenvalue weighted by molar-refractivity contribution is 0.0634. The Hall–Kier alpha value is -2.42. The van der Waals surface area contributed by atoms with Crippen LogP contribution in [-0.4, -0.2) is 95.7 Å². The average molecular weight is 442 g/mol. The molecule has 1 N–H and O–H groups in total. The lowest BCUT2D eigenvalue weighted by Crippen LogP contribution is -2.49. The molecule has 2 aliphatic heterocycles. The zero-order valence-corrected chi connectivity index (χ0v) is 19.0. The average Bonchev–Trinajstić information content (AvgIpc) is 3.29. The molecule has 2 aromatic rings. The van der Waals surface area contributed by atoms with Crippen molar-refractivity contribution >= 4 is 11.6 Å². The number of oxazole rings is 1. The second kappa shape index (κ2) is 10.9. The van der Waals surface area contributed by atoms with Crippen LogP contribution in [0.15, 0.2) is 41.0 Å². The van der Waals surface area contributed by atoms with Crippen LogP contribution in [0.5, 0.6) is 0 Å². The number of carbonyl (C=O) groups excluding carboxylic acids is 1. The number of rotatable bonds is 8. The van der Waals surface area contributed by atoms with Crippen molar-refractivity contribution in [3.63, 3.8) is 0 Å². The van der Waals surface area contributed by atoms with E-state index in [1.54, 1.807) is 0 Å². The summed E-state index contributed by atoms with van der Waals surface area (Å²) >= 11 is 0. The maximum Gasteiger partial charge on any atom is 0.275 e. The van der Waals surface area contributed by atoms with Gasteiger partial charge in [-0.2, -0.15) is 0 Å².